The van der Waals surface area contributed by atoms with E-state index in [-0.39, 0.29) is 23.9 Å². The molecule has 0 bridgehead atoms. The predicted octanol–water partition coefficient (Wildman–Crippen LogP) is 0.832. The third-order valence-electron chi connectivity index (χ3n) is 4.73. The SMILES string of the molecule is CNC(=O)[C@H]1CCCCN1C(=O)Cn1cnc2c(C)cccc2c1=O. The number of aromatic nitrogens is 2. The van der Waals surface area contributed by atoms with Crippen molar-refractivity contribution in [2.24, 2.45) is 0 Å². The molecule has 3 rings (SSSR count). The second-order valence-corrected chi connectivity index (χ2v) is 6.36. The molecule has 7 heteroatoms. The van der Waals surface area contributed by atoms with E-state index in [1.165, 1.54) is 10.9 Å². The molecule has 1 N–H and O–H groups in total. The summed E-state index contributed by atoms with van der Waals surface area (Å²) in [6.45, 7) is 2.32. The summed E-state index contributed by atoms with van der Waals surface area (Å²) in [4.78, 5) is 43.3. The first-order valence-corrected chi connectivity index (χ1v) is 8.48. The summed E-state index contributed by atoms with van der Waals surface area (Å²) in [5, 5.41) is 3.11. The van der Waals surface area contributed by atoms with Gasteiger partial charge in [-0.15, -0.1) is 0 Å². The number of nitrogens with one attached hydrogen (secondary N) is 1. The van der Waals surface area contributed by atoms with Gasteiger partial charge in [0.05, 0.1) is 17.2 Å². The van der Waals surface area contributed by atoms with Crippen LogP contribution in [0.5, 0.6) is 0 Å². The maximum atomic E-state index is 12.7. The van der Waals surface area contributed by atoms with Crippen LogP contribution in [0.2, 0.25) is 0 Å². The largest absolute Gasteiger partial charge is 0.357 e. The van der Waals surface area contributed by atoms with Crippen LogP contribution in [0.4, 0.5) is 0 Å². The molecule has 1 fully saturated rings. The maximum absolute atomic E-state index is 12.7. The molecule has 7 nitrogen and oxygen atoms in total. The van der Waals surface area contributed by atoms with E-state index in [9.17, 15) is 14.4 Å². The summed E-state index contributed by atoms with van der Waals surface area (Å²) in [5.41, 5.74) is 1.33. The Hall–Kier alpha value is -2.70. The van der Waals surface area contributed by atoms with Crippen LogP contribution < -0.4 is 10.9 Å². The van der Waals surface area contributed by atoms with E-state index in [1.54, 1.807) is 24.1 Å². The number of carbonyl (C=O) groups is 2. The fraction of sp³-hybridized carbons (Fsp3) is 0.444. The zero-order valence-electron chi connectivity index (χ0n) is 14.5. The number of rotatable bonds is 3. The predicted molar refractivity (Wildman–Crippen MR) is 94.2 cm³/mol. The molecule has 0 saturated carbocycles. The van der Waals surface area contributed by atoms with Gasteiger partial charge in [0.1, 0.15) is 12.6 Å². The first-order chi connectivity index (χ1) is 12.0. The number of aryl methyl sites for hydroxylation is 1. The summed E-state index contributed by atoms with van der Waals surface area (Å²) in [7, 11) is 1.57. The average molecular weight is 342 g/mol. The first kappa shape index (κ1) is 17.1. The number of nitrogens with zero attached hydrogens (tertiary/aromatic N) is 3. The molecule has 1 saturated heterocycles. The van der Waals surface area contributed by atoms with Crippen molar-refractivity contribution in [2.75, 3.05) is 13.6 Å². The molecule has 1 aliphatic heterocycles. The van der Waals surface area contributed by atoms with Crippen molar-refractivity contribution in [3.8, 4) is 0 Å². The molecule has 2 aromatic rings. The summed E-state index contributed by atoms with van der Waals surface area (Å²) in [6.07, 6.45) is 3.84. The highest BCUT2D eigenvalue weighted by Crippen LogP contribution is 2.18. The molecule has 2 heterocycles. The number of fused-ring (bicyclic) bond motifs is 1. The van der Waals surface area contributed by atoms with E-state index >= 15 is 0 Å². The third kappa shape index (κ3) is 3.26. The van der Waals surface area contributed by atoms with Gasteiger partial charge in [-0.05, 0) is 37.8 Å². The first-order valence-electron chi connectivity index (χ1n) is 8.48. The van der Waals surface area contributed by atoms with Crippen LogP contribution in [0.1, 0.15) is 24.8 Å². The van der Waals surface area contributed by atoms with Crippen LogP contribution in [-0.4, -0.2) is 45.9 Å². The van der Waals surface area contributed by atoms with Crippen LogP contribution in [-0.2, 0) is 16.1 Å². The van der Waals surface area contributed by atoms with Gasteiger partial charge in [0, 0.05) is 13.6 Å². The number of piperidine rings is 1. The molecule has 1 aromatic carbocycles. The zero-order valence-corrected chi connectivity index (χ0v) is 14.5. The Morgan fingerprint density at radius 2 is 2.12 bits per heavy atom. The maximum Gasteiger partial charge on any atom is 0.261 e. The Balaban J connectivity index is 1.87. The van der Waals surface area contributed by atoms with Gasteiger partial charge in [-0.25, -0.2) is 4.98 Å². The van der Waals surface area contributed by atoms with Crippen molar-refractivity contribution in [3.05, 3.63) is 40.4 Å². The van der Waals surface area contributed by atoms with E-state index in [0.717, 1.165) is 18.4 Å². The van der Waals surface area contributed by atoms with Crippen LogP contribution >= 0.6 is 0 Å². The lowest BCUT2D eigenvalue weighted by Gasteiger charge is -2.34. The second-order valence-electron chi connectivity index (χ2n) is 6.36. The smallest absolute Gasteiger partial charge is 0.261 e. The third-order valence-corrected chi connectivity index (χ3v) is 4.73. The number of likely N-dealkylation sites (tertiary alicyclic amines) is 1. The summed E-state index contributed by atoms with van der Waals surface area (Å²) >= 11 is 0. The average Bonchev–Trinajstić information content (AvgIpc) is 2.64. The van der Waals surface area contributed by atoms with Gasteiger partial charge < -0.3 is 10.2 Å². The van der Waals surface area contributed by atoms with Crippen LogP contribution in [0.25, 0.3) is 10.9 Å². The zero-order chi connectivity index (χ0) is 18.0. The minimum atomic E-state index is -0.461. The van der Waals surface area contributed by atoms with Gasteiger partial charge in [-0.2, -0.15) is 0 Å². The van der Waals surface area contributed by atoms with Gasteiger partial charge in [0.15, 0.2) is 0 Å². The summed E-state index contributed by atoms with van der Waals surface area (Å²) in [5.74, 6) is -0.392. The van der Waals surface area contributed by atoms with Crippen molar-refractivity contribution < 1.29 is 9.59 Å². The van der Waals surface area contributed by atoms with E-state index in [1.807, 2.05) is 13.0 Å². The van der Waals surface area contributed by atoms with Crippen LogP contribution in [0.15, 0.2) is 29.3 Å². The van der Waals surface area contributed by atoms with E-state index in [0.29, 0.717) is 23.9 Å². The van der Waals surface area contributed by atoms with Gasteiger partial charge in [-0.1, -0.05) is 12.1 Å². The van der Waals surface area contributed by atoms with Crippen molar-refractivity contribution in [1.82, 2.24) is 19.8 Å². The number of hydrogen-bond acceptors (Lipinski definition) is 4. The lowest BCUT2D eigenvalue weighted by atomic mass is 10.0. The Morgan fingerprint density at radius 1 is 1.32 bits per heavy atom. The molecule has 1 atom stereocenters. The van der Waals surface area contributed by atoms with E-state index in [4.69, 9.17) is 0 Å². The molecular formula is C18H22N4O3. The molecule has 132 valence electrons. The molecule has 0 spiro atoms. The standard InChI is InChI=1S/C18H22N4O3/c1-12-6-5-7-13-16(12)20-11-21(18(13)25)10-15(23)22-9-4-3-8-14(22)17(24)19-2/h5-7,11,14H,3-4,8-10H2,1-2H3,(H,19,24)/t14-/m1/s1. The van der Waals surface area contributed by atoms with Crippen molar-refractivity contribution in [1.29, 1.82) is 0 Å². The topological polar surface area (TPSA) is 84.3 Å². The quantitative estimate of drug-likeness (QED) is 0.895. The highest BCUT2D eigenvalue weighted by molar-refractivity contribution is 5.88. The lowest BCUT2D eigenvalue weighted by Crippen LogP contribution is -2.52. The van der Waals surface area contributed by atoms with Crippen LogP contribution in [0.3, 0.4) is 0 Å². The Morgan fingerprint density at radius 3 is 2.88 bits per heavy atom. The summed E-state index contributed by atoms with van der Waals surface area (Å²) in [6, 6.07) is 4.95. The number of hydrogen-bond donors (Lipinski definition) is 1. The highest BCUT2D eigenvalue weighted by atomic mass is 16.2. The lowest BCUT2D eigenvalue weighted by molar-refractivity contribution is -0.142. The molecule has 1 aliphatic rings. The van der Waals surface area contributed by atoms with E-state index < -0.39 is 6.04 Å². The molecule has 25 heavy (non-hydrogen) atoms. The van der Waals surface area contributed by atoms with E-state index in [2.05, 4.69) is 10.3 Å². The summed E-state index contributed by atoms with van der Waals surface area (Å²) < 4.78 is 1.32. The van der Waals surface area contributed by atoms with Crippen molar-refractivity contribution >= 4 is 22.7 Å². The molecule has 0 radical (unpaired) electrons. The normalized spacial score (nSPS) is 17.5. The fourth-order valence-electron chi connectivity index (χ4n) is 3.36. The number of benzene rings is 1. The number of amides is 2. The minimum Gasteiger partial charge on any atom is -0.357 e. The monoisotopic (exact) mass is 342 g/mol. The minimum absolute atomic E-state index is 0.108. The van der Waals surface area contributed by atoms with Gasteiger partial charge in [0.25, 0.3) is 5.56 Å². The second kappa shape index (κ2) is 7.04. The molecule has 2 amide bonds. The Kier molecular flexibility index (Phi) is 4.83. The number of carbonyl (C=O) groups excluding carboxylic acids is 2. The number of likely N-dealkylation sites (N-methyl/N-ethyl adjacent to an activating group) is 1. The Labute approximate surface area is 145 Å². The van der Waals surface area contributed by atoms with Gasteiger partial charge >= 0.3 is 0 Å². The van der Waals surface area contributed by atoms with Crippen molar-refractivity contribution in [2.45, 2.75) is 38.8 Å². The molecule has 0 unspecified atom stereocenters. The molecule has 1 aromatic heterocycles. The van der Waals surface area contributed by atoms with Gasteiger partial charge in [0.2, 0.25) is 11.8 Å². The van der Waals surface area contributed by atoms with Crippen LogP contribution in [0, 0.1) is 6.92 Å². The number of para-hydroxylation sites is 1. The highest BCUT2D eigenvalue weighted by Gasteiger charge is 2.31. The van der Waals surface area contributed by atoms with Gasteiger partial charge in [-0.3, -0.25) is 19.0 Å². The Bertz CT molecular complexity index is 874. The fourth-order valence-corrected chi connectivity index (χ4v) is 3.36. The molecular weight excluding hydrogens is 320 g/mol. The molecule has 0 aliphatic carbocycles. The van der Waals surface area contributed by atoms with Crippen molar-refractivity contribution in [3.63, 3.8) is 0 Å².